The van der Waals surface area contributed by atoms with Crippen molar-refractivity contribution in [2.45, 2.75) is 147 Å². The van der Waals surface area contributed by atoms with Gasteiger partial charge in [-0.25, -0.2) is 4.79 Å². The van der Waals surface area contributed by atoms with Crippen LogP contribution in [0.25, 0.3) is 6.08 Å². The molecule has 0 aromatic heterocycles. The molecule has 9 rings (SSSR count). The van der Waals surface area contributed by atoms with Crippen molar-refractivity contribution in [3.05, 3.63) is 57.7 Å². The zero-order valence-corrected chi connectivity index (χ0v) is 38.5. The number of aliphatic hydroxyl groups excluding tert-OH is 4. The highest BCUT2D eigenvalue weighted by molar-refractivity contribution is 6.10. The van der Waals surface area contributed by atoms with E-state index in [-0.39, 0.29) is 47.0 Å². The number of hydrogen-bond donors (Lipinski definition) is 4. The van der Waals surface area contributed by atoms with E-state index >= 15 is 9.59 Å². The van der Waals surface area contributed by atoms with Crippen molar-refractivity contribution in [1.82, 2.24) is 4.90 Å². The average Bonchev–Trinajstić information content (AvgIpc) is 3.40. The fraction of sp³-hybridized carbons (Fsp3) is 0.653. The highest BCUT2D eigenvalue weighted by atomic mass is 16.7. The molecule has 0 radical (unpaired) electrons. The van der Waals surface area contributed by atoms with Gasteiger partial charge in [0.05, 0.1) is 44.0 Å². The topological polar surface area (TPSA) is 200 Å². The van der Waals surface area contributed by atoms with Crippen LogP contribution < -0.4 is 14.2 Å². The summed E-state index contributed by atoms with van der Waals surface area (Å²) in [5.74, 6) is -2.80. The molecule has 12 atom stereocenters. The highest BCUT2D eigenvalue weighted by Gasteiger charge is 2.86. The first kappa shape index (κ1) is 46.6. The number of fused-ring (bicyclic) bond motifs is 2. The number of esters is 1. The Hall–Kier alpha value is -3.93. The van der Waals surface area contributed by atoms with Gasteiger partial charge in [0, 0.05) is 48.5 Å². The number of hydrogen-bond acceptors (Lipinski definition) is 15. The molecule has 5 aliphatic heterocycles. The molecule has 3 saturated carbocycles. The van der Waals surface area contributed by atoms with E-state index in [1.807, 2.05) is 66.7 Å². The molecular formula is C49H65NO14. The summed E-state index contributed by atoms with van der Waals surface area (Å²) in [4.78, 5) is 47.0. The minimum atomic E-state index is -1.80. The number of Topliss-reactive ketones (excluding diaryl/α,β-unsaturated/α-hetero) is 2. The van der Waals surface area contributed by atoms with Crippen molar-refractivity contribution in [2.75, 3.05) is 40.0 Å². The largest absolute Gasteiger partial charge is 0.482 e. The van der Waals surface area contributed by atoms with Gasteiger partial charge in [-0.3, -0.25) is 14.5 Å². The summed E-state index contributed by atoms with van der Waals surface area (Å²) in [6.07, 6.45) is 3.27. The van der Waals surface area contributed by atoms with E-state index in [0.29, 0.717) is 62.4 Å². The van der Waals surface area contributed by atoms with Gasteiger partial charge in [0.1, 0.15) is 52.8 Å². The minimum Gasteiger partial charge on any atom is -0.482 e. The lowest BCUT2D eigenvalue weighted by atomic mass is 9.44. The van der Waals surface area contributed by atoms with Crippen molar-refractivity contribution in [3.8, 4) is 17.2 Å². The molecule has 15 heteroatoms. The monoisotopic (exact) mass is 891 g/mol. The maximum absolute atomic E-state index is 16.5. The van der Waals surface area contributed by atoms with Crippen LogP contribution in [0, 0.1) is 17.8 Å². The average molecular weight is 892 g/mol. The van der Waals surface area contributed by atoms with E-state index in [4.69, 9.17) is 33.2 Å². The Kier molecular flexibility index (Phi) is 12.4. The molecule has 15 nitrogen and oxygen atoms in total. The van der Waals surface area contributed by atoms with Crippen LogP contribution in [0.15, 0.2) is 41.0 Å². The Morgan fingerprint density at radius 1 is 0.938 bits per heavy atom. The van der Waals surface area contributed by atoms with Gasteiger partial charge in [-0.15, -0.1) is 0 Å². The molecule has 4 N–H and O–H groups in total. The van der Waals surface area contributed by atoms with Crippen LogP contribution in [0.2, 0.25) is 0 Å². The number of morpholine rings is 1. The number of ether oxygens (including phenoxy) is 7. The fourth-order valence-corrected chi connectivity index (χ4v) is 11.6. The van der Waals surface area contributed by atoms with Gasteiger partial charge in [-0.05, 0) is 93.2 Å². The number of benzene rings is 1. The normalized spacial score (nSPS) is 37.1. The van der Waals surface area contributed by atoms with E-state index in [9.17, 15) is 25.2 Å². The Morgan fingerprint density at radius 3 is 2.30 bits per heavy atom. The van der Waals surface area contributed by atoms with E-state index in [1.165, 1.54) is 7.11 Å². The summed E-state index contributed by atoms with van der Waals surface area (Å²) in [5, 5.41) is 43.2. The molecule has 1 aromatic carbocycles. The van der Waals surface area contributed by atoms with E-state index in [0.717, 1.165) is 11.1 Å². The van der Waals surface area contributed by atoms with E-state index in [2.05, 4.69) is 11.0 Å². The Balaban J connectivity index is 1.42. The van der Waals surface area contributed by atoms with Crippen molar-refractivity contribution < 1.29 is 68.0 Å². The van der Waals surface area contributed by atoms with Crippen molar-refractivity contribution in [1.29, 1.82) is 0 Å². The standard InChI is InChI=1S/C49H65NO14/c1-25(2)11-10-16-47(8)17-15-29-40(62-47)28(13-12-26(3)4)42-33(41(29)61-45-39(55)38(54)36(52)31(24-51)60-45)37(53)34-35(50-19-21-59-22-20-50)30-23-32-46(6,7)64-48(43(30)56,49(32,34)63-42)18-14-27(5)44(57)58-9/h11-12,14-15,17,30-32,34-36,38-39,45,51-52,54-55H,10,13,16,18-24H2,1-9H3/b27-14-/t30?,31-,32?,34?,35?,36-,38-,39-,45+,47?,48?,49?/m1/s1. The quantitative estimate of drug-likeness (QED) is 0.132. The Morgan fingerprint density at radius 2 is 1.64 bits per heavy atom. The second kappa shape index (κ2) is 17.1. The van der Waals surface area contributed by atoms with Gasteiger partial charge in [0.2, 0.25) is 6.29 Å². The van der Waals surface area contributed by atoms with E-state index in [1.54, 1.807) is 13.0 Å². The van der Waals surface area contributed by atoms with Crippen LogP contribution in [-0.2, 0) is 35.0 Å². The number of methoxy groups -OCH3 is 1. The number of allylic oxidation sites excluding steroid dienone is 4. The summed E-state index contributed by atoms with van der Waals surface area (Å²) < 4.78 is 45.3. The number of rotatable bonds is 12. The predicted molar refractivity (Wildman–Crippen MR) is 233 cm³/mol. The number of aliphatic hydroxyl groups is 4. The predicted octanol–water partition coefficient (Wildman–Crippen LogP) is 4.19. The molecule has 1 aromatic rings. The summed E-state index contributed by atoms with van der Waals surface area (Å²) >= 11 is 0. The molecule has 3 saturated heterocycles. The Labute approximate surface area is 375 Å². The molecule has 6 fully saturated rings. The number of carbonyl (C=O) groups is 3. The zero-order valence-electron chi connectivity index (χ0n) is 38.5. The van der Waals surface area contributed by atoms with Gasteiger partial charge < -0.3 is 53.6 Å². The molecule has 1 spiro atoms. The third-order valence-corrected chi connectivity index (χ3v) is 14.8. The smallest absolute Gasteiger partial charge is 0.333 e. The van der Waals surface area contributed by atoms with Crippen LogP contribution in [-0.4, -0.2) is 142 Å². The van der Waals surface area contributed by atoms with Crippen LogP contribution in [0.3, 0.4) is 0 Å². The molecule has 7 unspecified atom stereocenters. The summed E-state index contributed by atoms with van der Waals surface area (Å²) in [7, 11) is 1.29. The maximum Gasteiger partial charge on any atom is 0.333 e. The van der Waals surface area contributed by atoms with Crippen LogP contribution in [0.4, 0.5) is 0 Å². The van der Waals surface area contributed by atoms with Crippen LogP contribution >= 0.6 is 0 Å². The summed E-state index contributed by atoms with van der Waals surface area (Å²) in [5.41, 5.74) is -1.73. The second-order valence-corrected chi connectivity index (χ2v) is 19.9. The molecular weight excluding hydrogens is 827 g/mol. The first-order chi connectivity index (χ1) is 30.3. The first-order valence-corrected chi connectivity index (χ1v) is 22.6. The van der Waals surface area contributed by atoms with Crippen LogP contribution in [0.1, 0.15) is 103 Å². The van der Waals surface area contributed by atoms with Crippen molar-refractivity contribution in [2.24, 2.45) is 17.8 Å². The first-order valence-electron chi connectivity index (χ1n) is 22.6. The minimum absolute atomic E-state index is 0.0331. The number of carbonyl (C=O) groups excluding carboxylic acids is 3. The maximum atomic E-state index is 16.5. The second-order valence-electron chi connectivity index (χ2n) is 19.9. The van der Waals surface area contributed by atoms with Gasteiger partial charge in [-0.2, -0.15) is 0 Å². The highest BCUT2D eigenvalue weighted by Crippen LogP contribution is 2.71. The zero-order chi connectivity index (χ0) is 46.3. The fourth-order valence-electron chi connectivity index (χ4n) is 11.6. The molecule has 3 aliphatic carbocycles. The van der Waals surface area contributed by atoms with Crippen molar-refractivity contribution >= 4 is 23.6 Å². The molecule has 350 valence electrons. The number of ketones is 2. The summed E-state index contributed by atoms with van der Waals surface area (Å²) in [6, 6.07) is -0.632. The van der Waals surface area contributed by atoms with Gasteiger partial charge >= 0.3 is 5.97 Å². The molecule has 5 heterocycles. The lowest BCUT2D eigenvalue weighted by molar-refractivity contribution is -0.277. The van der Waals surface area contributed by atoms with Gasteiger partial charge in [0.25, 0.3) is 0 Å². The Bertz CT molecular complexity index is 2180. The van der Waals surface area contributed by atoms with Crippen LogP contribution in [0.5, 0.6) is 17.2 Å². The molecule has 64 heavy (non-hydrogen) atoms. The third kappa shape index (κ3) is 7.29. The SMILES string of the molecule is COC(=O)/C(C)=C\CC12OC(C)(C)C3CC(C1=O)C(N1CCOCC1)C1C(=O)c4c(O[C@@H]5O[C@H](CO)[C@@H](O)[C@@H](O)[C@H]5O)c5c(c(CC=C(C)C)c4OC132)OC(C)(CCC=C(C)C)C=C5. The lowest BCUT2D eigenvalue weighted by Gasteiger charge is -2.64. The van der Waals surface area contributed by atoms with Gasteiger partial charge in [-0.1, -0.05) is 29.4 Å². The van der Waals surface area contributed by atoms with Gasteiger partial charge in [0.15, 0.2) is 22.8 Å². The molecule has 4 bridgehead atoms. The summed E-state index contributed by atoms with van der Waals surface area (Å²) in [6.45, 7) is 16.5. The van der Waals surface area contributed by atoms with Crippen molar-refractivity contribution in [3.63, 3.8) is 0 Å². The third-order valence-electron chi connectivity index (χ3n) is 14.8. The lowest BCUT2D eigenvalue weighted by Crippen LogP contribution is -2.82. The van der Waals surface area contributed by atoms with E-state index < -0.39 is 89.5 Å². The molecule has 0 amide bonds. The molecule has 8 aliphatic rings. The number of nitrogens with zero attached hydrogens (tertiary/aromatic N) is 1.